The maximum Gasteiger partial charge on any atom is 0.416 e. The van der Waals surface area contributed by atoms with Crippen LogP contribution in [0.5, 0.6) is 0 Å². The zero-order valence-corrected chi connectivity index (χ0v) is 22.1. The van der Waals surface area contributed by atoms with E-state index in [1.165, 1.54) is 12.1 Å². The van der Waals surface area contributed by atoms with Gasteiger partial charge in [-0.15, -0.1) is 0 Å². The summed E-state index contributed by atoms with van der Waals surface area (Å²) in [5.74, 6) is 0.747. The van der Waals surface area contributed by atoms with E-state index in [1.54, 1.807) is 30.8 Å². The number of oxazole rings is 1. The second-order valence-electron chi connectivity index (χ2n) is 9.08. The molecule has 0 amide bonds. The first-order valence-electron chi connectivity index (χ1n) is 12.5. The molecule has 1 fully saturated rings. The number of hydrogen-bond donors (Lipinski definition) is 2. The molecule has 214 valence electrons. The van der Waals surface area contributed by atoms with Crippen molar-refractivity contribution < 1.29 is 30.7 Å². The average Bonchev–Trinajstić information content (AvgIpc) is 3.56. The highest BCUT2D eigenvalue weighted by Crippen LogP contribution is 2.33. The third-order valence-corrected chi connectivity index (χ3v) is 6.90. The number of fused-ring (bicyclic) bond motifs is 1. The first-order valence-corrected chi connectivity index (χ1v) is 13.6. The van der Waals surface area contributed by atoms with Gasteiger partial charge in [0.1, 0.15) is 23.5 Å². The molecule has 4 heterocycles. The summed E-state index contributed by atoms with van der Waals surface area (Å²) in [5, 5.41) is 6.78. The van der Waals surface area contributed by atoms with E-state index in [9.17, 15) is 26.3 Å². The molecule has 3 aromatic heterocycles. The fraction of sp³-hybridized carbons (Fsp3) is 0.222. The molecule has 1 saturated heterocycles. The van der Waals surface area contributed by atoms with Crippen molar-refractivity contribution >= 4 is 22.9 Å². The Morgan fingerprint density at radius 1 is 1.12 bits per heavy atom. The molecule has 0 radical (unpaired) electrons. The molecular weight excluding hydrogens is 564 g/mol. The van der Waals surface area contributed by atoms with Crippen molar-refractivity contribution in [3.8, 4) is 22.6 Å². The lowest BCUT2D eigenvalue weighted by molar-refractivity contribution is -0.137. The van der Waals surface area contributed by atoms with Gasteiger partial charge in [0.05, 0.1) is 11.3 Å². The number of aromatic nitrogens is 4. The smallest absolute Gasteiger partial charge is 0.416 e. The molecule has 1 aliphatic heterocycles. The third kappa shape index (κ3) is 6.78. The van der Waals surface area contributed by atoms with Crippen LogP contribution in [0.4, 0.5) is 23.5 Å². The molecular formula is C27H23F4N6O3S-. The van der Waals surface area contributed by atoms with Crippen LogP contribution in [-0.4, -0.2) is 47.2 Å². The molecule has 2 atom stereocenters. The Bertz CT molecular complexity index is 1650. The lowest BCUT2D eigenvalue weighted by Crippen LogP contribution is -2.38. The van der Waals surface area contributed by atoms with Gasteiger partial charge in [-0.1, -0.05) is 6.07 Å². The Labute approximate surface area is 234 Å². The number of benzene rings is 2. The van der Waals surface area contributed by atoms with Gasteiger partial charge >= 0.3 is 12.0 Å². The molecule has 14 heteroatoms. The number of anilines is 1. The zero-order valence-electron chi connectivity index (χ0n) is 21.3. The fourth-order valence-corrected chi connectivity index (χ4v) is 4.75. The standard InChI is InChI=1S/C20H19FN6O.C7H5F3O2S/c21-14-5-3-13(4-6-14)17-18(27-10-11-28-20(27)26-17)16-7-9-23-19(25-16)24-15-2-1-8-22-12-15;8-7(9,10)5-2-1-3-6(4-5)13(11)12/h3-7,9-11,15,22H,1-2,8,12H2,(H,23,24,25);1-4H,(H,11,12)/p-1/t15-;/m1./s1. The van der Waals surface area contributed by atoms with Crippen LogP contribution >= 0.6 is 0 Å². The SMILES string of the molecule is Fc1ccc(-c2nc3occn3c2-c2ccnc(N[C@@H]3CCCNC3)n2)cc1.O=S([O-])c1cccc(C(F)(F)F)c1. The molecule has 2 N–H and O–H groups in total. The summed E-state index contributed by atoms with van der Waals surface area (Å²) in [7, 11) is 0. The van der Waals surface area contributed by atoms with Crippen molar-refractivity contribution in [3.05, 3.63) is 84.6 Å². The third-order valence-electron chi connectivity index (χ3n) is 6.26. The molecule has 9 nitrogen and oxygen atoms in total. The number of alkyl halides is 3. The Morgan fingerprint density at radius 3 is 2.63 bits per heavy atom. The minimum absolute atomic E-state index is 0.289. The van der Waals surface area contributed by atoms with Crippen molar-refractivity contribution in [3.63, 3.8) is 0 Å². The summed E-state index contributed by atoms with van der Waals surface area (Å²) in [4.78, 5) is 13.3. The largest absolute Gasteiger partial charge is 0.768 e. The van der Waals surface area contributed by atoms with Crippen LogP contribution < -0.4 is 10.6 Å². The highest BCUT2D eigenvalue weighted by atomic mass is 32.2. The van der Waals surface area contributed by atoms with Crippen molar-refractivity contribution in [1.29, 1.82) is 0 Å². The number of imidazole rings is 1. The maximum absolute atomic E-state index is 13.4. The van der Waals surface area contributed by atoms with Gasteiger partial charge in [0.2, 0.25) is 5.95 Å². The number of nitrogens with zero attached hydrogens (tertiary/aromatic N) is 4. The minimum Gasteiger partial charge on any atom is -0.768 e. The second-order valence-corrected chi connectivity index (χ2v) is 10.0. The van der Waals surface area contributed by atoms with Gasteiger partial charge in [-0.2, -0.15) is 18.2 Å². The topological polar surface area (TPSA) is 120 Å². The maximum atomic E-state index is 13.4. The van der Waals surface area contributed by atoms with Crippen LogP contribution in [-0.2, 0) is 17.3 Å². The summed E-state index contributed by atoms with van der Waals surface area (Å²) in [6, 6.07) is 11.9. The summed E-state index contributed by atoms with van der Waals surface area (Å²) in [6.07, 6.45) is 2.81. The van der Waals surface area contributed by atoms with Gasteiger partial charge in [-0.3, -0.25) is 8.61 Å². The normalized spacial score (nSPS) is 16.2. The summed E-state index contributed by atoms with van der Waals surface area (Å²) < 4.78 is 77.4. The lowest BCUT2D eigenvalue weighted by atomic mass is 10.1. The number of rotatable bonds is 5. The van der Waals surface area contributed by atoms with E-state index in [2.05, 4.69) is 20.6 Å². The Morgan fingerprint density at radius 2 is 1.93 bits per heavy atom. The summed E-state index contributed by atoms with van der Waals surface area (Å²) in [6.45, 7) is 1.95. The molecule has 41 heavy (non-hydrogen) atoms. The van der Waals surface area contributed by atoms with Crippen LogP contribution in [0.15, 0.2) is 82.6 Å². The molecule has 5 aromatic rings. The van der Waals surface area contributed by atoms with Crippen LogP contribution in [0, 0.1) is 5.82 Å². The fourth-order valence-electron chi connectivity index (χ4n) is 4.33. The van der Waals surface area contributed by atoms with Crippen LogP contribution in [0.2, 0.25) is 0 Å². The van der Waals surface area contributed by atoms with E-state index >= 15 is 0 Å². The quantitative estimate of drug-likeness (QED) is 0.210. The minimum atomic E-state index is -4.50. The van der Waals surface area contributed by atoms with Gasteiger partial charge < -0.3 is 19.6 Å². The molecule has 2 aromatic carbocycles. The van der Waals surface area contributed by atoms with Gasteiger partial charge in [0, 0.05) is 35.4 Å². The first-order chi connectivity index (χ1) is 19.7. The number of hydrogen-bond acceptors (Lipinski definition) is 8. The van der Waals surface area contributed by atoms with E-state index in [0.717, 1.165) is 61.1 Å². The van der Waals surface area contributed by atoms with Crippen LogP contribution in [0.25, 0.3) is 28.5 Å². The number of piperidine rings is 1. The zero-order chi connectivity index (χ0) is 29.0. The van der Waals surface area contributed by atoms with E-state index in [4.69, 9.17) is 9.40 Å². The van der Waals surface area contributed by atoms with Gasteiger partial charge in [0.25, 0.3) is 0 Å². The Kier molecular flexibility index (Phi) is 8.42. The molecule has 1 aliphatic rings. The summed E-state index contributed by atoms with van der Waals surface area (Å²) >= 11 is -2.62. The van der Waals surface area contributed by atoms with E-state index < -0.39 is 22.8 Å². The predicted octanol–water partition coefficient (Wildman–Crippen LogP) is 5.30. The number of halogens is 4. The van der Waals surface area contributed by atoms with E-state index in [0.29, 0.717) is 29.6 Å². The molecule has 1 unspecified atom stereocenters. The number of nitrogens with one attached hydrogen (secondary N) is 2. The monoisotopic (exact) mass is 587 g/mol. The Balaban J connectivity index is 0.000000219. The highest BCUT2D eigenvalue weighted by Gasteiger charge is 2.30. The Hall–Kier alpha value is -4.14. The second kappa shape index (κ2) is 12.2. The van der Waals surface area contributed by atoms with Crippen molar-refractivity contribution in [1.82, 2.24) is 24.7 Å². The van der Waals surface area contributed by atoms with Crippen molar-refractivity contribution in [2.75, 3.05) is 18.4 Å². The summed E-state index contributed by atoms with van der Waals surface area (Å²) in [5.41, 5.74) is 2.01. The van der Waals surface area contributed by atoms with Gasteiger partial charge in [-0.25, -0.2) is 14.4 Å². The average molecular weight is 588 g/mol. The van der Waals surface area contributed by atoms with Gasteiger partial charge in [-0.05, 0) is 79.0 Å². The van der Waals surface area contributed by atoms with Crippen LogP contribution in [0.1, 0.15) is 18.4 Å². The highest BCUT2D eigenvalue weighted by molar-refractivity contribution is 7.79. The van der Waals surface area contributed by atoms with Gasteiger partial charge in [0.15, 0.2) is 0 Å². The van der Waals surface area contributed by atoms with E-state index in [1.807, 2.05) is 10.5 Å². The first kappa shape index (κ1) is 28.4. The van der Waals surface area contributed by atoms with Crippen molar-refractivity contribution in [2.24, 2.45) is 0 Å². The molecule has 0 saturated carbocycles. The molecule has 0 aliphatic carbocycles. The van der Waals surface area contributed by atoms with E-state index in [-0.39, 0.29) is 10.7 Å². The molecule has 6 rings (SSSR count). The molecule has 0 spiro atoms. The van der Waals surface area contributed by atoms with Crippen LogP contribution in [0.3, 0.4) is 0 Å². The lowest BCUT2D eigenvalue weighted by Gasteiger charge is -2.23. The molecule has 0 bridgehead atoms. The predicted molar refractivity (Wildman–Crippen MR) is 142 cm³/mol. The van der Waals surface area contributed by atoms with Crippen molar-refractivity contribution in [2.45, 2.75) is 30.0 Å².